The van der Waals surface area contributed by atoms with Crippen molar-refractivity contribution in [3.05, 3.63) is 0 Å². The van der Waals surface area contributed by atoms with Crippen LogP contribution < -0.4 is 5.73 Å². The molecule has 0 bridgehead atoms. The number of halogens is 1. The van der Waals surface area contributed by atoms with Gasteiger partial charge >= 0.3 is 0 Å². The average molecular weight is 315 g/mol. The summed E-state index contributed by atoms with van der Waals surface area (Å²) in [4.78, 5) is 14.9. The number of fused-ring (bicyclic) bond motifs is 1. The summed E-state index contributed by atoms with van der Waals surface area (Å²) < 4.78 is 0. The highest BCUT2D eigenvalue weighted by Crippen LogP contribution is 2.43. The number of amides is 1. The Kier molecular flexibility index (Phi) is 5.59. The molecule has 4 unspecified atom stereocenters. The molecule has 3 fully saturated rings. The molecule has 21 heavy (non-hydrogen) atoms. The van der Waals surface area contributed by atoms with E-state index >= 15 is 0 Å². The Morgan fingerprint density at radius 1 is 1.19 bits per heavy atom. The Balaban J connectivity index is 0.00000161. The number of rotatable bonds is 2. The van der Waals surface area contributed by atoms with Gasteiger partial charge in [-0.1, -0.05) is 32.6 Å². The lowest BCUT2D eigenvalue weighted by atomic mass is 9.67. The van der Waals surface area contributed by atoms with E-state index < -0.39 is 0 Å². The Morgan fingerprint density at radius 3 is 2.57 bits per heavy atom. The highest BCUT2D eigenvalue weighted by molar-refractivity contribution is 5.85. The largest absolute Gasteiger partial charge is 0.342 e. The third-order valence-corrected chi connectivity index (χ3v) is 6.25. The Morgan fingerprint density at radius 2 is 1.90 bits per heavy atom. The maximum atomic E-state index is 12.8. The van der Waals surface area contributed by atoms with Crippen molar-refractivity contribution in [1.82, 2.24) is 4.90 Å². The Bertz CT molecular complexity index is 376. The van der Waals surface area contributed by atoms with Gasteiger partial charge in [0.25, 0.3) is 0 Å². The van der Waals surface area contributed by atoms with E-state index in [1.807, 2.05) is 0 Å². The van der Waals surface area contributed by atoms with Crippen molar-refractivity contribution >= 4 is 18.3 Å². The van der Waals surface area contributed by atoms with Gasteiger partial charge in [0.05, 0.1) is 0 Å². The smallest absolute Gasteiger partial charge is 0.225 e. The molecule has 1 aliphatic heterocycles. The molecule has 2 N–H and O–H groups in total. The molecule has 0 aromatic carbocycles. The monoisotopic (exact) mass is 314 g/mol. The molecule has 0 radical (unpaired) electrons. The van der Waals surface area contributed by atoms with Crippen LogP contribution in [0.5, 0.6) is 0 Å². The second kappa shape index (κ2) is 6.87. The van der Waals surface area contributed by atoms with Crippen molar-refractivity contribution in [2.45, 2.75) is 58.3 Å². The van der Waals surface area contributed by atoms with E-state index in [0.29, 0.717) is 18.4 Å². The van der Waals surface area contributed by atoms with Crippen LogP contribution in [0, 0.1) is 23.2 Å². The SMILES string of the molecule is CC1(CN)CCN(C(=O)C2CCC3CCCCC3C2)C1.Cl. The van der Waals surface area contributed by atoms with Gasteiger partial charge in [-0.3, -0.25) is 4.79 Å². The molecule has 122 valence electrons. The first-order valence-electron chi connectivity index (χ1n) is 8.60. The standard InChI is InChI=1S/C17H30N2O.ClH/c1-17(11-18)8-9-19(12-17)16(20)15-7-6-13-4-2-3-5-14(13)10-15;/h13-15H,2-12,18H2,1H3;1H. The van der Waals surface area contributed by atoms with Crippen molar-refractivity contribution in [2.75, 3.05) is 19.6 Å². The highest BCUT2D eigenvalue weighted by Gasteiger charge is 2.40. The summed E-state index contributed by atoms with van der Waals surface area (Å²) in [6.45, 7) is 4.73. The molecule has 1 saturated heterocycles. The number of hydrogen-bond acceptors (Lipinski definition) is 2. The zero-order valence-electron chi connectivity index (χ0n) is 13.4. The van der Waals surface area contributed by atoms with E-state index in [2.05, 4.69) is 11.8 Å². The van der Waals surface area contributed by atoms with Crippen molar-refractivity contribution < 1.29 is 4.79 Å². The fourth-order valence-electron chi connectivity index (χ4n) is 4.73. The minimum Gasteiger partial charge on any atom is -0.342 e. The first-order chi connectivity index (χ1) is 9.61. The number of carbonyl (C=O) groups excluding carboxylic acids is 1. The fraction of sp³-hybridized carbons (Fsp3) is 0.941. The number of likely N-dealkylation sites (tertiary alicyclic amines) is 1. The summed E-state index contributed by atoms with van der Waals surface area (Å²) in [7, 11) is 0. The van der Waals surface area contributed by atoms with Crippen molar-refractivity contribution in [3.8, 4) is 0 Å². The summed E-state index contributed by atoms with van der Waals surface area (Å²) in [6, 6.07) is 0. The second-order valence-corrected chi connectivity index (χ2v) is 7.84. The number of nitrogens with two attached hydrogens (primary N) is 1. The zero-order valence-corrected chi connectivity index (χ0v) is 14.2. The van der Waals surface area contributed by atoms with E-state index in [1.54, 1.807) is 0 Å². The van der Waals surface area contributed by atoms with Gasteiger partial charge in [0, 0.05) is 19.0 Å². The van der Waals surface area contributed by atoms with Crippen molar-refractivity contribution in [1.29, 1.82) is 0 Å². The van der Waals surface area contributed by atoms with Crippen LogP contribution in [0.4, 0.5) is 0 Å². The van der Waals surface area contributed by atoms with Gasteiger partial charge in [-0.2, -0.15) is 0 Å². The van der Waals surface area contributed by atoms with Crippen LogP contribution in [0.3, 0.4) is 0 Å². The van der Waals surface area contributed by atoms with Gasteiger partial charge in [0.15, 0.2) is 0 Å². The molecule has 1 heterocycles. The third-order valence-electron chi connectivity index (χ3n) is 6.25. The molecule has 3 aliphatic rings. The first-order valence-corrected chi connectivity index (χ1v) is 8.60. The molecule has 0 spiro atoms. The molecule has 1 amide bonds. The normalized spacial score (nSPS) is 39.5. The van der Waals surface area contributed by atoms with E-state index in [0.717, 1.165) is 37.8 Å². The van der Waals surface area contributed by atoms with Gasteiger partial charge in [0.2, 0.25) is 5.91 Å². The lowest BCUT2D eigenvalue weighted by Crippen LogP contribution is -2.40. The lowest BCUT2D eigenvalue weighted by Gasteiger charge is -2.39. The molecule has 0 aromatic rings. The van der Waals surface area contributed by atoms with Crippen molar-refractivity contribution in [2.24, 2.45) is 28.9 Å². The summed E-state index contributed by atoms with van der Waals surface area (Å²) in [5.41, 5.74) is 6.02. The van der Waals surface area contributed by atoms with Crippen LogP contribution >= 0.6 is 12.4 Å². The van der Waals surface area contributed by atoms with Crippen LogP contribution in [-0.4, -0.2) is 30.4 Å². The molecule has 0 aromatic heterocycles. The van der Waals surface area contributed by atoms with Gasteiger partial charge < -0.3 is 10.6 Å². The van der Waals surface area contributed by atoms with Crippen LogP contribution in [0.1, 0.15) is 58.3 Å². The number of nitrogens with zero attached hydrogens (tertiary/aromatic N) is 1. The minimum absolute atomic E-state index is 0. The predicted octanol–water partition coefficient (Wildman–Crippen LogP) is 3.21. The second-order valence-electron chi connectivity index (χ2n) is 7.84. The van der Waals surface area contributed by atoms with Crippen LogP contribution in [-0.2, 0) is 4.79 Å². The average Bonchev–Trinajstić information content (AvgIpc) is 2.89. The quantitative estimate of drug-likeness (QED) is 0.850. The highest BCUT2D eigenvalue weighted by atomic mass is 35.5. The lowest BCUT2D eigenvalue weighted by molar-refractivity contribution is -0.137. The maximum absolute atomic E-state index is 12.8. The molecule has 2 aliphatic carbocycles. The van der Waals surface area contributed by atoms with E-state index in [4.69, 9.17) is 5.73 Å². The van der Waals surface area contributed by atoms with E-state index in [9.17, 15) is 4.79 Å². The molecule has 4 atom stereocenters. The summed E-state index contributed by atoms with van der Waals surface area (Å²) in [5.74, 6) is 2.52. The van der Waals surface area contributed by atoms with Gasteiger partial charge in [-0.05, 0) is 49.5 Å². The van der Waals surface area contributed by atoms with Gasteiger partial charge in [-0.15, -0.1) is 12.4 Å². The molecular weight excluding hydrogens is 284 g/mol. The van der Waals surface area contributed by atoms with Gasteiger partial charge in [-0.25, -0.2) is 0 Å². The van der Waals surface area contributed by atoms with Crippen molar-refractivity contribution in [3.63, 3.8) is 0 Å². The Labute approximate surface area is 135 Å². The summed E-state index contributed by atoms with van der Waals surface area (Å²) in [5, 5.41) is 0. The number of carbonyl (C=O) groups is 1. The number of hydrogen-bond donors (Lipinski definition) is 1. The topological polar surface area (TPSA) is 46.3 Å². The van der Waals surface area contributed by atoms with Gasteiger partial charge in [0.1, 0.15) is 0 Å². The fourth-order valence-corrected chi connectivity index (χ4v) is 4.73. The first kappa shape index (κ1) is 17.1. The molecule has 3 rings (SSSR count). The summed E-state index contributed by atoms with van der Waals surface area (Å²) in [6.07, 6.45) is 10.3. The van der Waals surface area contributed by atoms with Crippen LogP contribution in [0.2, 0.25) is 0 Å². The summed E-state index contributed by atoms with van der Waals surface area (Å²) >= 11 is 0. The Hall–Kier alpha value is -0.280. The van der Waals surface area contributed by atoms with E-state index in [1.165, 1.54) is 38.5 Å². The molecule has 3 nitrogen and oxygen atoms in total. The molecule has 4 heteroatoms. The maximum Gasteiger partial charge on any atom is 0.225 e. The van der Waals surface area contributed by atoms with Crippen LogP contribution in [0.25, 0.3) is 0 Å². The molecule has 2 saturated carbocycles. The predicted molar refractivity (Wildman–Crippen MR) is 88.4 cm³/mol. The molecular formula is C17H31ClN2O. The minimum atomic E-state index is 0. The zero-order chi connectivity index (χ0) is 14.2. The third kappa shape index (κ3) is 3.56. The van der Waals surface area contributed by atoms with Crippen LogP contribution in [0.15, 0.2) is 0 Å². The van der Waals surface area contributed by atoms with E-state index in [-0.39, 0.29) is 17.8 Å².